The molecule has 0 radical (unpaired) electrons. The Hall–Kier alpha value is -2.80. The standard InChI is InChI=1S/C24H32FN3O3/c1-24(2,3)27-23(29)26-14-20-19-13-22(31-5)21(30-4)12-17(19)10-11-28(20)15-16-6-8-18(25)9-7-16/h6-9,12-13,20H,10-11,14-15H2,1-5H3,(H2,26,27,29)/t20-/m1/s1. The van der Waals surface area contributed by atoms with Crippen molar-refractivity contribution in [3.63, 3.8) is 0 Å². The third kappa shape index (κ3) is 5.88. The largest absolute Gasteiger partial charge is 0.493 e. The van der Waals surface area contributed by atoms with Crippen molar-refractivity contribution in [2.45, 2.75) is 45.3 Å². The number of amides is 2. The van der Waals surface area contributed by atoms with E-state index in [0.717, 1.165) is 24.1 Å². The minimum Gasteiger partial charge on any atom is -0.493 e. The first kappa shape index (κ1) is 22.9. The predicted molar refractivity (Wildman–Crippen MR) is 119 cm³/mol. The number of benzene rings is 2. The summed E-state index contributed by atoms with van der Waals surface area (Å²) >= 11 is 0. The Morgan fingerprint density at radius 3 is 2.39 bits per heavy atom. The van der Waals surface area contributed by atoms with Gasteiger partial charge in [-0.05, 0) is 68.1 Å². The summed E-state index contributed by atoms with van der Waals surface area (Å²) in [6, 6.07) is 10.3. The summed E-state index contributed by atoms with van der Waals surface area (Å²) in [5, 5.41) is 5.96. The predicted octanol–water partition coefficient (Wildman–Crippen LogP) is 4.04. The maximum absolute atomic E-state index is 13.3. The molecule has 6 nitrogen and oxygen atoms in total. The molecule has 3 rings (SSSR count). The Bertz CT molecular complexity index is 910. The first-order chi connectivity index (χ1) is 14.7. The van der Waals surface area contributed by atoms with Crippen LogP contribution >= 0.6 is 0 Å². The number of hydrogen-bond acceptors (Lipinski definition) is 4. The number of methoxy groups -OCH3 is 2. The van der Waals surface area contributed by atoms with E-state index >= 15 is 0 Å². The van der Waals surface area contributed by atoms with Crippen molar-refractivity contribution in [2.24, 2.45) is 0 Å². The minimum absolute atomic E-state index is 0.0562. The van der Waals surface area contributed by atoms with E-state index in [2.05, 4.69) is 15.5 Å². The second kappa shape index (κ2) is 9.56. The average molecular weight is 430 g/mol. The third-order valence-corrected chi connectivity index (χ3v) is 5.36. The molecule has 0 saturated heterocycles. The Balaban J connectivity index is 1.88. The summed E-state index contributed by atoms with van der Waals surface area (Å²) in [6.45, 7) is 7.74. The number of nitrogens with zero attached hydrogens (tertiary/aromatic N) is 1. The van der Waals surface area contributed by atoms with Gasteiger partial charge in [0.2, 0.25) is 0 Å². The van der Waals surface area contributed by atoms with Crippen LogP contribution in [-0.2, 0) is 13.0 Å². The fraction of sp³-hybridized carbons (Fsp3) is 0.458. The van der Waals surface area contributed by atoms with Gasteiger partial charge < -0.3 is 20.1 Å². The van der Waals surface area contributed by atoms with Crippen molar-refractivity contribution in [3.8, 4) is 11.5 Å². The topological polar surface area (TPSA) is 62.8 Å². The van der Waals surface area contributed by atoms with E-state index in [0.29, 0.717) is 24.6 Å². The summed E-state index contributed by atoms with van der Waals surface area (Å²) < 4.78 is 24.3. The van der Waals surface area contributed by atoms with Crippen LogP contribution in [0.3, 0.4) is 0 Å². The first-order valence-electron chi connectivity index (χ1n) is 10.5. The van der Waals surface area contributed by atoms with Gasteiger partial charge in [-0.3, -0.25) is 4.90 Å². The van der Waals surface area contributed by atoms with Gasteiger partial charge in [-0.15, -0.1) is 0 Å². The molecule has 1 aliphatic rings. The molecule has 0 saturated carbocycles. The number of hydrogen-bond donors (Lipinski definition) is 2. The lowest BCUT2D eigenvalue weighted by atomic mass is 9.91. The summed E-state index contributed by atoms with van der Waals surface area (Å²) in [5.74, 6) is 1.11. The Kier molecular flexibility index (Phi) is 7.05. The lowest BCUT2D eigenvalue weighted by Gasteiger charge is -2.38. The number of carbonyl (C=O) groups excluding carboxylic acids is 1. The molecule has 1 atom stereocenters. The van der Waals surface area contributed by atoms with Crippen LogP contribution in [0.1, 0.15) is 43.5 Å². The molecular weight excluding hydrogens is 397 g/mol. The molecule has 0 unspecified atom stereocenters. The molecule has 1 heterocycles. The molecule has 168 valence electrons. The van der Waals surface area contributed by atoms with Crippen molar-refractivity contribution >= 4 is 6.03 Å². The third-order valence-electron chi connectivity index (χ3n) is 5.36. The smallest absolute Gasteiger partial charge is 0.315 e. The van der Waals surface area contributed by atoms with Crippen LogP contribution in [0.15, 0.2) is 36.4 Å². The number of carbonyl (C=O) groups is 1. The highest BCUT2D eigenvalue weighted by molar-refractivity contribution is 5.74. The highest BCUT2D eigenvalue weighted by Crippen LogP contribution is 2.38. The molecule has 1 aliphatic heterocycles. The van der Waals surface area contributed by atoms with Crippen LogP contribution in [0.4, 0.5) is 9.18 Å². The zero-order valence-electron chi connectivity index (χ0n) is 18.9. The highest BCUT2D eigenvalue weighted by Gasteiger charge is 2.30. The van der Waals surface area contributed by atoms with E-state index in [1.807, 2.05) is 32.9 Å². The van der Waals surface area contributed by atoms with Crippen molar-refractivity contribution in [2.75, 3.05) is 27.3 Å². The summed E-state index contributed by atoms with van der Waals surface area (Å²) in [6.07, 6.45) is 0.849. The molecule has 0 bridgehead atoms. The molecular formula is C24H32FN3O3. The quantitative estimate of drug-likeness (QED) is 0.728. The van der Waals surface area contributed by atoms with E-state index < -0.39 is 0 Å². The van der Waals surface area contributed by atoms with Crippen molar-refractivity contribution in [3.05, 3.63) is 58.9 Å². The molecule has 0 spiro atoms. The fourth-order valence-electron chi connectivity index (χ4n) is 3.91. The Morgan fingerprint density at radius 1 is 1.13 bits per heavy atom. The average Bonchev–Trinajstić information content (AvgIpc) is 2.72. The maximum atomic E-state index is 13.3. The first-order valence-corrected chi connectivity index (χ1v) is 10.5. The van der Waals surface area contributed by atoms with Crippen molar-refractivity contribution < 1.29 is 18.7 Å². The molecule has 2 N–H and O–H groups in total. The lowest BCUT2D eigenvalue weighted by molar-refractivity contribution is 0.169. The number of ether oxygens (including phenoxy) is 2. The summed E-state index contributed by atoms with van der Waals surface area (Å²) in [4.78, 5) is 14.7. The zero-order chi connectivity index (χ0) is 22.6. The summed E-state index contributed by atoms with van der Waals surface area (Å²) in [5.41, 5.74) is 2.98. The highest BCUT2D eigenvalue weighted by atomic mass is 19.1. The second-order valence-electron chi connectivity index (χ2n) is 8.85. The van der Waals surface area contributed by atoms with Crippen LogP contribution < -0.4 is 20.1 Å². The molecule has 0 aromatic heterocycles. The maximum Gasteiger partial charge on any atom is 0.315 e. The SMILES string of the molecule is COc1cc2c(cc1OC)[C@@H](CNC(=O)NC(C)(C)C)N(Cc1ccc(F)cc1)CC2. The molecule has 7 heteroatoms. The number of urea groups is 1. The van der Waals surface area contributed by atoms with Gasteiger partial charge in [-0.1, -0.05) is 12.1 Å². The van der Waals surface area contributed by atoms with Gasteiger partial charge >= 0.3 is 6.03 Å². The molecule has 2 aromatic rings. The fourth-order valence-corrected chi connectivity index (χ4v) is 3.91. The van der Waals surface area contributed by atoms with Crippen molar-refractivity contribution in [1.82, 2.24) is 15.5 Å². The van der Waals surface area contributed by atoms with Gasteiger partial charge in [-0.2, -0.15) is 0 Å². The molecule has 2 amide bonds. The van der Waals surface area contributed by atoms with E-state index in [-0.39, 0.29) is 23.4 Å². The van der Waals surface area contributed by atoms with Gasteiger partial charge in [0.1, 0.15) is 5.82 Å². The van der Waals surface area contributed by atoms with Crippen LogP contribution in [0.25, 0.3) is 0 Å². The number of fused-ring (bicyclic) bond motifs is 1. The Morgan fingerprint density at radius 2 is 1.77 bits per heavy atom. The number of nitrogens with one attached hydrogen (secondary N) is 2. The van der Waals surface area contributed by atoms with Gasteiger partial charge in [0.05, 0.1) is 20.3 Å². The zero-order valence-corrected chi connectivity index (χ0v) is 18.9. The summed E-state index contributed by atoms with van der Waals surface area (Å²) in [7, 11) is 3.25. The number of rotatable bonds is 6. The van der Waals surface area contributed by atoms with Crippen LogP contribution in [0.2, 0.25) is 0 Å². The van der Waals surface area contributed by atoms with Gasteiger partial charge in [0, 0.05) is 25.2 Å². The minimum atomic E-state index is -0.320. The van der Waals surface area contributed by atoms with E-state index in [1.54, 1.807) is 26.4 Å². The monoisotopic (exact) mass is 429 g/mol. The van der Waals surface area contributed by atoms with Gasteiger partial charge in [0.25, 0.3) is 0 Å². The Labute approximate surface area is 183 Å². The van der Waals surface area contributed by atoms with Crippen LogP contribution in [0.5, 0.6) is 11.5 Å². The van der Waals surface area contributed by atoms with Gasteiger partial charge in [-0.25, -0.2) is 9.18 Å². The van der Waals surface area contributed by atoms with Crippen LogP contribution in [-0.4, -0.2) is 43.8 Å². The molecule has 2 aromatic carbocycles. The second-order valence-corrected chi connectivity index (χ2v) is 8.85. The molecule has 0 fully saturated rings. The number of halogens is 1. The van der Waals surface area contributed by atoms with E-state index in [1.165, 1.54) is 17.7 Å². The molecule has 31 heavy (non-hydrogen) atoms. The van der Waals surface area contributed by atoms with Gasteiger partial charge in [0.15, 0.2) is 11.5 Å². The van der Waals surface area contributed by atoms with Crippen LogP contribution in [0, 0.1) is 5.82 Å². The molecule has 0 aliphatic carbocycles. The lowest BCUT2D eigenvalue weighted by Crippen LogP contribution is -2.49. The normalized spacial score (nSPS) is 16.4. The van der Waals surface area contributed by atoms with E-state index in [9.17, 15) is 9.18 Å². The van der Waals surface area contributed by atoms with Crippen molar-refractivity contribution in [1.29, 1.82) is 0 Å². The van der Waals surface area contributed by atoms with E-state index in [4.69, 9.17) is 9.47 Å².